The molecule has 1 aliphatic rings. The highest BCUT2D eigenvalue weighted by molar-refractivity contribution is 5.76. The number of nitriles is 1. The molecule has 4 rings (SSSR count). The van der Waals surface area contributed by atoms with Crippen LogP contribution in [0.3, 0.4) is 0 Å². The van der Waals surface area contributed by atoms with E-state index in [1.54, 1.807) is 13.0 Å². The van der Waals surface area contributed by atoms with E-state index >= 15 is 0 Å². The zero-order valence-corrected chi connectivity index (χ0v) is 17.2. The summed E-state index contributed by atoms with van der Waals surface area (Å²) in [6.45, 7) is 3.07. The lowest BCUT2D eigenvalue weighted by molar-refractivity contribution is -0.145. The van der Waals surface area contributed by atoms with Crippen LogP contribution in [0, 0.1) is 30.1 Å². The Hall–Kier alpha value is -3.15. The van der Waals surface area contributed by atoms with E-state index in [4.69, 9.17) is 5.26 Å². The quantitative estimate of drug-likeness (QED) is 0.622. The topological polar surface area (TPSA) is 79.4 Å². The number of fused-ring (bicyclic) bond motifs is 1. The Bertz CT molecular complexity index is 1110. The molecule has 6 nitrogen and oxygen atoms in total. The van der Waals surface area contributed by atoms with Crippen LogP contribution < -0.4 is 5.32 Å². The van der Waals surface area contributed by atoms with Crippen LogP contribution in [0.25, 0.3) is 11.0 Å². The molecule has 1 aliphatic carbocycles. The van der Waals surface area contributed by atoms with Crippen LogP contribution in [0.4, 0.5) is 18.9 Å². The number of alkyl halides is 3. The van der Waals surface area contributed by atoms with Crippen molar-refractivity contribution in [3.8, 4) is 6.07 Å². The molecule has 2 aromatic heterocycles. The lowest BCUT2D eigenvalue weighted by Crippen LogP contribution is -2.25. The molecule has 1 saturated carbocycles. The molecule has 1 aromatic carbocycles. The van der Waals surface area contributed by atoms with E-state index < -0.39 is 12.0 Å². The van der Waals surface area contributed by atoms with E-state index in [0.717, 1.165) is 43.3 Å². The second-order valence-corrected chi connectivity index (χ2v) is 8.18. The third-order valence-electron chi connectivity index (χ3n) is 5.91. The van der Waals surface area contributed by atoms with Crippen LogP contribution >= 0.6 is 0 Å². The van der Waals surface area contributed by atoms with Gasteiger partial charge >= 0.3 is 6.18 Å². The van der Waals surface area contributed by atoms with Gasteiger partial charge in [-0.05, 0) is 56.2 Å². The smallest absolute Gasteiger partial charge is 0.382 e. The van der Waals surface area contributed by atoms with Crippen LogP contribution in [0.15, 0.2) is 30.7 Å². The first-order chi connectivity index (χ1) is 14.8. The number of benzene rings is 1. The lowest BCUT2D eigenvalue weighted by Gasteiger charge is -2.30. The summed E-state index contributed by atoms with van der Waals surface area (Å²) in [4.78, 5) is 11.5. The highest BCUT2D eigenvalue weighted by Gasteiger charge is 2.35. The molecule has 2 atom stereocenters. The number of nitrogens with zero attached hydrogens (tertiary/aromatic N) is 5. The Morgan fingerprint density at radius 1 is 1.23 bits per heavy atom. The monoisotopic (exact) mass is 428 g/mol. The van der Waals surface area contributed by atoms with Crippen LogP contribution in [-0.4, -0.2) is 26.1 Å². The van der Waals surface area contributed by atoms with Gasteiger partial charge in [0.15, 0.2) is 0 Å². The number of anilines is 1. The maximum atomic E-state index is 12.7. The van der Waals surface area contributed by atoms with Crippen molar-refractivity contribution in [2.75, 3.05) is 11.9 Å². The summed E-state index contributed by atoms with van der Waals surface area (Å²) in [5.41, 5.74) is 3.31. The Labute approximate surface area is 178 Å². The molecule has 162 valence electrons. The van der Waals surface area contributed by atoms with Gasteiger partial charge in [-0.2, -0.15) is 18.4 Å². The molecule has 0 bridgehead atoms. The van der Waals surface area contributed by atoms with Gasteiger partial charge in [0.2, 0.25) is 5.82 Å². The number of hydrogen-bond donors (Lipinski definition) is 1. The molecule has 31 heavy (non-hydrogen) atoms. The van der Waals surface area contributed by atoms with Crippen molar-refractivity contribution in [3.63, 3.8) is 0 Å². The number of rotatable bonds is 5. The third kappa shape index (κ3) is 4.79. The fourth-order valence-corrected chi connectivity index (χ4v) is 4.33. The molecule has 3 aromatic rings. The van der Waals surface area contributed by atoms with Crippen LogP contribution in [0.1, 0.15) is 42.8 Å². The normalized spacial score (nSPS) is 19.3. The van der Waals surface area contributed by atoms with Gasteiger partial charge in [0.25, 0.3) is 0 Å². The average Bonchev–Trinajstić information content (AvgIpc) is 3.14. The van der Waals surface area contributed by atoms with Gasteiger partial charge in [-0.15, -0.1) is 0 Å². The molecule has 0 radical (unpaired) electrons. The second-order valence-electron chi connectivity index (χ2n) is 8.18. The maximum absolute atomic E-state index is 12.7. The molecule has 0 saturated heterocycles. The summed E-state index contributed by atoms with van der Waals surface area (Å²) in [5, 5.41) is 12.4. The van der Waals surface area contributed by atoms with E-state index in [-0.39, 0.29) is 0 Å². The minimum atomic E-state index is -4.54. The number of halogens is 3. The maximum Gasteiger partial charge on any atom is 0.451 e. The Morgan fingerprint density at radius 3 is 2.77 bits per heavy atom. The van der Waals surface area contributed by atoms with E-state index in [2.05, 4.69) is 30.9 Å². The highest BCUT2D eigenvalue weighted by atomic mass is 19.4. The van der Waals surface area contributed by atoms with E-state index in [9.17, 15) is 13.2 Å². The number of aryl methyl sites for hydroxylation is 1. The molecular formula is C22H23F3N6. The highest BCUT2D eigenvalue weighted by Crippen LogP contribution is 2.32. The molecular weight excluding hydrogens is 405 g/mol. The van der Waals surface area contributed by atoms with Gasteiger partial charge < -0.3 is 9.88 Å². The van der Waals surface area contributed by atoms with Crippen LogP contribution in [0.2, 0.25) is 0 Å². The third-order valence-corrected chi connectivity index (χ3v) is 5.91. The summed E-state index contributed by atoms with van der Waals surface area (Å²) in [5.74, 6) is -0.209. The summed E-state index contributed by atoms with van der Waals surface area (Å²) < 4.78 is 40.4. The Kier molecular flexibility index (Phi) is 5.81. The minimum Gasteiger partial charge on any atom is -0.382 e. The zero-order valence-electron chi connectivity index (χ0n) is 17.2. The molecule has 0 aliphatic heterocycles. The van der Waals surface area contributed by atoms with E-state index in [1.165, 1.54) is 6.20 Å². The lowest BCUT2D eigenvalue weighted by atomic mass is 9.81. The Morgan fingerprint density at radius 2 is 2.03 bits per heavy atom. The standard InChI is InChI=1S/C22H23F3N6/c1-14-19(11-28-21(30-14)22(23,24)25)27-10-16-3-2-4-17(7-16)12-31-13-29-18-6-5-15(9-26)8-20(18)31/h5-6,8,11,13,16-17,27H,2-4,7,10,12H2,1H3. The first-order valence-electron chi connectivity index (χ1n) is 10.3. The minimum absolute atomic E-state index is 0.299. The van der Waals surface area contributed by atoms with Crippen molar-refractivity contribution in [1.82, 2.24) is 19.5 Å². The number of imidazole rings is 1. The summed E-state index contributed by atoms with van der Waals surface area (Å²) in [6.07, 6.45) is 2.84. The molecule has 2 unspecified atom stereocenters. The second kappa shape index (κ2) is 8.53. The van der Waals surface area contributed by atoms with Crippen molar-refractivity contribution in [1.29, 1.82) is 5.26 Å². The van der Waals surface area contributed by atoms with Crippen molar-refractivity contribution in [2.45, 2.75) is 45.3 Å². The van der Waals surface area contributed by atoms with Gasteiger partial charge in [0, 0.05) is 13.1 Å². The van der Waals surface area contributed by atoms with Crippen molar-refractivity contribution >= 4 is 16.7 Å². The molecule has 1 N–H and O–H groups in total. The van der Waals surface area contributed by atoms with Gasteiger partial charge in [-0.3, -0.25) is 0 Å². The van der Waals surface area contributed by atoms with Crippen molar-refractivity contribution < 1.29 is 13.2 Å². The SMILES string of the molecule is Cc1nc(C(F)(F)F)ncc1NCC1CCCC(Cn2cnc3ccc(C#N)cc32)C1. The van der Waals surface area contributed by atoms with Crippen molar-refractivity contribution in [2.24, 2.45) is 11.8 Å². The fourth-order valence-electron chi connectivity index (χ4n) is 4.33. The average molecular weight is 428 g/mol. The van der Waals surface area contributed by atoms with Gasteiger partial charge in [-0.25, -0.2) is 15.0 Å². The van der Waals surface area contributed by atoms with Crippen molar-refractivity contribution in [3.05, 3.63) is 47.8 Å². The molecule has 0 amide bonds. The molecule has 0 spiro atoms. The number of hydrogen-bond acceptors (Lipinski definition) is 5. The van der Waals surface area contributed by atoms with Crippen LogP contribution in [0.5, 0.6) is 0 Å². The zero-order chi connectivity index (χ0) is 22.0. The van der Waals surface area contributed by atoms with Gasteiger partial charge in [0.1, 0.15) is 0 Å². The fraction of sp³-hybridized carbons (Fsp3) is 0.455. The summed E-state index contributed by atoms with van der Waals surface area (Å²) in [6, 6.07) is 7.69. The largest absolute Gasteiger partial charge is 0.451 e. The van der Waals surface area contributed by atoms with Crippen LogP contribution in [-0.2, 0) is 12.7 Å². The Balaban J connectivity index is 1.38. The first-order valence-corrected chi connectivity index (χ1v) is 10.3. The summed E-state index contributed by atoms with van der Waals surface area (Å²) >= 11 is 0. The van der Waals surface area contributed by atoms with Gasteiger partial charge in [-0.1, -0.05) is 6.42 Å². The van der Waals surface area contributed by atoms with Gasteiger partial charge in [0.05, 0.1) is 46.6 Å². The molecule has 1 fully saturated rings. The predicted molar refractivity (Wildman–Crippen MR) is 110 cm³/mol. The summed E-state index contributed by atoms with van der Waals surface area (Å²) in [7, 11) is 0. The number of aromatic nitrogens is 4. The molecule has 9 heteroatoms. The predicted octanol–water partition coefficient (Wildman–Crippen LogP) is 4.94. The van der Waals surface area contributed by atoms with E-state index in [0.29, 0.717) is 35.3 Å². The van der Waals surface area contributed by atoms with E-state index in [1.807, 2.05) is 18.5 Å². The molecule has 2 heterocycles. The first kappa shape index (κ1) is 21.1. The number of nitrogens with one attached hydrogen (secondary N) is 1.